The maximum absolute atomic E-state index is 13.1. The molecule has 2 aliphatic rings. The number of esters is 1. The van der Waals surface area contributed by atoms with Crippen molar-refractivity contribution in [3.05, 3.63) is 65.4 Å². The second kappa shape index (κ2) is 10.2. The summed E-state index contributed by atoms with van der Waals surface area (Å²) in [5.41, 5.74) is 4.13. The molecule has 1 unspecified atom stereocenters. The van der Waals surface area contributed by atoms with Crippen molar-refractivity contribution in [3.8, 4) is 6.07 Å². The van der Waals surface area contributed by atoms with Gasteiger partial charge < -0.3 is 25.3 Å². The number of H-pyrrole nitrogens is 1. The standard InChI is InChI=1S/C27H28N6O4/c1-37-25(34)23(13-17-6-7-22-21(12-17)19(14-28)16-29-22)31-27(36)32-10-8-20(9-11-32)33-24-5-3-2-4-18(24)15-30-26(33)35/h2-7,12,16,20,23,29H,8-11,13,15H2,1H3,(H,30,35)(H,31,36). The van der Waals surface area contributed by atoms with Gasteiger partial charge in [-0.3, -0.25) is 4.90 Å². The first-order valence-electron chi connectivity index (χ1n) is 12.3. The number of nitrogens with one attached hydrogen (secondary N) is 3. The number of hydrogen-bond donors (Lipinski definition) is 3. The van der Waals surface area contributed by atoms with Crippen LogP contribution in [0.1, 0.15) is 29.5 Å². The van der Waals surface area contributed by atoms with Gasteiger partial charge in [0.05, 0.1) is 18.4 Å². The number of para-hydroxylation sites is 1. The second-order valence-electron chi connectivity index (χ2n) is 9.30. The molecule has 190 valence electrons. The highest BCUT2D eigenvalue weighted by Crippen LogP contribution is 2.30. The topological polar surface area (TPSA) is 131 Å². The average molecular weight is 501 g/mol. The summed E-state index contributed by atoms with van der Waals surface area (Å²) in [7, 11) is 1.29. The maximum atomic E-state index is 13.1. The number of methoxy groups -OCH3 is 1. The van der Waals surface area contributed by atoms with Crippen LogP contribution in [0, 0.1) is 11.3 Å². The first-order valence-corrected chi connectivity index (χ1v) is 12.3. The molecular weight excluding hydrogens is 472 g/mol. The Morgan fingerprint density at radius 3 is 2.76 bits per heavy atom. The monoisotopic (exact) mass is 500 g/mol. The van der Waals surface area contributed by atoms with E-state index in [2.05, 4.69) is 21.7 Å². The van der Waals surface area contributed by atoms with E-state index in [1.54, 1.807) is 16.0 Å². The van der Waals surface area contributed by atoms with E-state index in [0.29, 0.717) is 38.0 Å². The molecule has 0 spiro atoms. The summed E-state index contributed by atoms with van der Waals surface area (Å²) < 4.78 is 4.95. The molecule has 10 nitrogen and oxygen atoms in total. The van der Waals surface area contributed by atoms with Crippen LogP contribution in [0.2, 0.25) is 0 Å². The van der Waals surface area contributed by atoms with E-state index in [9.17, 15) is 19.6 Å². The molecule has 2 aromatic carbocycles. The van der Waals surface area contributed by atoms with Crippen LogP contribution in [0.4, 0.5) is 15.3 Å². The number of nitriles is 1. The Balaban J connectivity index is 1.24. The predicted molar refractivity (Wildman–Crippen MR) is 137 cm³/mol. The summed E-state index contributed by atoms with van der Waals surface area (Å²) in [5, 5.41) is 15.8. The second-order valence-corrected chi connectivity index (χ2v) is 9.30. The van der Waals surface area contributed by atoms with Gasteiger partial charge in [0.15, 0.2) is 0 Å². The molecule has 1 saturated heterocycles. The van der Waals surface area contributed by atoms with Crippen LogP contribution in [0.5, 0.6) is 0 Å². The lowest BCUT2D eigenvalue weighted by atomic mass is 10.00. The quantitative estimate of drug-likeness (QED) is 0.464. The lowest BCUT2D eigenvalue weighted by molar-refractivity contribution is -0.142. The number of urea groups is 2. The van der Waals surface area contributed by atoms with Gasteiger partial charge in [-0.2, -0.15) is 5.26 Å². The predicted octanol–water partition coefficient (Wildman–Crippen LogP) is 3.03. The lowest BCUT2D eigenvalue weighted by Crippen LogP contribution is -2.56. The molecular formula is C27H28N6O4. The summed E-state index contributed by atoms with van der Waals surface area (Å²) >= 11 is 0. The zero-order valence-electron chi connectivity index (χ0n) is 20.5. The molecule has 3 N–H and O–H groups in total. The fourth-order valence-electron chi connectivity index (χ4n) is 5.15. The number of fused-ring (bicyclic) bond motifs is 2. The van der Waals surface area contributed by atoms with Crippen LogP contribution < -0.4 is 15.5 Å². The van der Waals surface area contributed by atoms with Gasteiger partial charge in [-0.25, -0.2) is 14.4 Å². The molecule has 1 atom stereocenters. The number of aromatic amines is 1. The number of carbonyl (C=O) groups excluding carboxylic acids is 3. The minimum Gasteiger partial charge on any atom is -0.467 e. The van der Waals surface area contributed by atoms with Crippen molar-refractivity contribution in [2.24, 2.45) is 0 Å². The number of ether oxygens (including phenoxy) is 1. The van der Waals surface area contributed by atoms with Crippen molar-refractivity contribution < 1.29 is 19.1 Å². The molecule has 1 fully saturated rings. The molecule has 2 aliphatic heterocycles. The van der Waals surface area contributed by atoms with E-state index >= 15 is 0 Å². The highest BCUT2D eigenvalue weighted by Gasteiger charge is 2.34. The van der Waals surface area contributed by atoms with Crippen LogP contribution in [0.25, 0.3) is 10.9 Å². The number of likely N-dealkylation sites (tertiary alicyclic amines) is 1. The molecule has 4 amide bonds. The van der Waals surface area contributed by atoms with Crippen molar-refractivity contribution in [3.63, 3.8) is 0 Å². The number of nitrogens with zero attached hydrogens (tertiary/aromatic N) is 3. The number of hydrogen-bond acceptors (Lipinski definition) is 5. The third-order valence-corrected chi connectivity index (χ3v) is 7.11. The number of carbonyl (C=O) groups is 3. The van der Waals surface area contributed by atoms with Crippen LogP contribution in [-0.2, 0) is 22.5 Å². The molecule has 10 heteroatoms. The van der Waals surface area contributed by atoms with Crippen LogP contribution >= 0.6 is 0 Å². The summed E-state index contributed by atoms with van der Waals surface area (Å²) in [4.78, 5) is 44.8. The van der Waals surface area contributed by atoms with Crippen LogP contribution in [0.15, 0.2) is 48.7 Å². The minimum atomic E-state index is -0.878. The van der Waals surface area contributed by atoms with E-state index in [4.69, 9.17) is 4.74 Å². The van der Waals surface area contributed by atoms with E-state index in [-0.39, 0.29) is 24.5 Å². The van der Waals surface area contributed by atoms with Crippen molar-refractivity contribution in [1.29, 1.82) is 5.26 Å². The Morgan fingerprint density at radius 2 is 2.00 bits per heavy atom. The summed E-state index contributed by atoms with van der Waals surface area (Å²) in [6, 6.07) is 14.2. The number of aromatic nitrogens is 1. The fraction of sp³-hybridized carbons (Fsp3) is 0.333. The molecule has 0 radical (unpaired) electrons. The maximum Gasteiger partial charge on any atom is 0.328 e. The third kappa shape index (κ3) is 4.80. The number of rotatable bonds is 5. The van der Waals surface area contributed by atoms with Crippen molar-refractivity contribution in [1.82, 2.24) is 20.5 Å². The molecule has 3 heterocycles. The fourth-order valence-corrected chi connectivity index (χ4v) is 5.15. The molecule has 5 rings (SSSR count). The number of piperidine rings is 1. The van der Waals surface area contributed by atoms with E-state index in [1.165, 1.54) is 7.11 Å². The SMILES string of the molecule is COC(=O)C(Cc1ccc2[nH]cc(C#N)c2c1)NC(=O)N1CCC(N2C(=O)NCc3ccccc32)CC1. The average Bonchev–Trinajstić information content (AvgIpc) is 3.34. The molecule has 1 aromatic heterocycles. The van der Waals surface area contributed by atoms with E-state index < -0.39 is 12.0 Å². The van der Waals surface area contributed by atoms with Gasteiger partial charge in [-0.15, -0.1) is 0 Å². The number of amides is 4. The molecule has 0 aliphatic carbocycles. The highest BCUT2D eigenvalue weighted by atomic mass is 16.5. The Labute approximate surface area is 214 Å². The zero-order chi connectivity index (χ0) is 25.9. The Bertz CT molecular complexity index is 1390. The first-order chi connectivity index (χ1) is 18.0. The number of benzene rings is 2. The Kier molecular flexibility index (Phi) is 6.68. The molecule has 0 saturated carbocycles. The van der Waals surface area contributed by atoms with Gasteiger partial charge in [0.25, 0.3) is 0 Å². The van der Waals surface area contributed by atoms with Gasteiger partial charge in [-0.05, 0) is 42.2 Å². The van der Waals surface area contributed by atoms with Crippen molar-refractivity contribution in [2.45, 2.75) is 37.9 Å². The zero-order valence-corrected chi connectivity index (χ0v) is 20.5. The van der Waals surface area contributed by atoms with Gasteiger partial charge in [0.2, 0.25) is 0 Å². The van der Waals surface area contributed by atoms with Crippen LogP contribution in [-0.4, -0.2) is 60.2 Å². The van der Waals surface area contributed by atoms with E-state index in [0.717, 1.165) is 27.7 Å². The van der Waals surface area contributed by atoms with Gasteiger partial charge >= 0.3 is 18.0 Å². The molecule has 3 aromatic rings. The lowest BCUT2D eigenvalue weighted by Gasteiger charge is -2.41. The summed E-state index contributed by atoms with van der Waals surface area (Å²) in [6.07, 6.45) is 3.12. The minimum absolute atomic E-state index is 0.0238. The summed E-state index contributed by atoms with van der Waals surface area (Å²) in [5.74, 6) is -0.542. The van der Waals surface area contributed by atoms with Gasteiger partial charge in [0, 0.05) is 49.2 Å². The van der Waals surface area contributed by atoms with E-state index in [1.807, 2.05) is 42.5 Å². The van der Waals surface area contributed by atoms with Gasteiger partial charge in [0.1, 0.15) is 12.1 Å². The van der Waals surface area contributed by atoms with Crippen molar-refractivity contribution >= 4 is 34.6 Å². The smallest absolute Gasteiger partial charge is 0.328 e. The first kappa shape index (κ1) is 24.2. The highest BCUT2D eigenvalue weighted by molar-refractivity contribution is 5.95. The van der Waals surface area contributed by atoms with Crippen molar-refractivity contribution in [2.75, 3.05) is 25.1 Å². The Hall–Kier alpha value is -4.52. The normalized spacial score (nSPS) is 16.5. The molecule has 0 bridgehead atoms. The summed E-state index contributed by atoms with van der Waals surface area (Å²) in [6.45, 7) is 1.42. The third-order valence-electron chi connectivity index (χ3n) is 7.11. The van der Waals surface area contributed by atoms with Gasteiger partial charge in [-0.1, -0.05) is 24.3 Å². The molecule has 37 heavy (non-hydrogen) atoms. The number of anilines is 1. The Morgan fingerprint density at radius 1 is 1.22 bits per heavy atom. The van der Waals surface area contributed by atoms with Crippen LogP contribution in [0.3, 0.4) is 0 Å². The largest absolute Gasteiger partial charge is 0.467 e.